The van der Waals surface area contributed by atoms with Crippen molar-refractivity contribution >= 4 is 44.9 Å². The van der Waals surface area contributed by atoms with Gasteiger partial charge >= 0.3 is 11.9 Å². The lowest BCUT2D eigenvalue weighted by atomic mass is 10.0. The number of allylic oxidation sites excluding steroid dienone is 2. The Bertz CT molecular complexity index is 1660. The molecule has 0 saturated heterocycles. The highest BCUT2D eigenvalue weighted by Gasteiger charge is 2.23. The Morgan fingerprint density at radius 2 is 0.817 bits per heavy atom. The van der Waals surface area contributed by atoms with E-state index >= 15 is 0 Å². The Morgan fingerprint density at radius 1 is 0.483 bits per heavy atom. The zero-order chi connectivity index (χ0) is 43.2. The van der Waals surface area contributed by atoms with E-state index in [9.17, 15) is 9.59 Å². The van der Waals surface area contributed by atoms with Gasteiger partial charge in [-0.2, -0.15) is 0 Å². The molecule has 0 radical (unpaired) electrons. The van der Waals surface area contributed by atoms with E-state index in [2.05, 4.69) is 87.9 Å². The van der Waals surface area contributed by atoms with Gasteiger partial charge in [-0.1, -0.05) is 177 Å². The Labute approximate surface area is 364 Å². The van der Waals surface area contributed by atoms with Crippen molar-refractivity contribution in [2.24, 2.45) is 11.8 Å². The summed E-state index contributed by atoms with van der Waals surface area (Å²) in [4.78, 5) is 25.5. The van der Waals surface area contributed by atoms with E-state index in [1.807, 2.05) is 60.7 Å². The highest BCUT2D eigenvalue weighted by molar-refractivity contribution is 5.96. The molecule has 6 heteroatoms. The molecule has 0 aromatic heterocycles. The van der Waals surface area contributed by atoms with Crippen LogP contribution in [0.5, 0.6) is 0 Å². The largest absolute Gasteiger partial charge is 0.464 e. The van der Waals surface area contributed by atoms with Crippen molar-refractivity contribution in [1.82, 2.24) is 0 Å². The molecular weight excluding hydrogens is 741 g/mol. The Kier molecular flexibility index (Phi) is 25.3. The van der Waals surface area contributed by atoms with Gasteiger partial charge in [0.25, 0.3) is 0 Å². The molecule has 0 saturated carbocycles. The van der Waals surface area contributed by atoms with E-state index in [0.717, 1.165) is 73.5 Å². The zero-order valence-corrected chi connectivity index (χ0v) is 37.7. The second-order valence-electron chi connectivity index (χ2n) is 17.1. The lowest BCUT2D eigenvalue weighted by Crippen LogP contribution is -2.33. The summed E-state index contributed by atoms with van der Waals surface area (Å²) in [6.45, 7) is 17.1. The monoisotopic (exact) mass is 819 g/mol. The number of esters is 2. The normalized spacial score (nSPS) is 12.1. The molecule has 0 aliphatic rings. The van der Waals surface area contributed by atoms with Crippen LogP contribution < -0.4 is 10.6 Å². The van der Waals surface area contributed by atoms with Crippen LogP contribution in [0, 0.1) is 11.8 Å². The summed E-state index contributed by atoms with van der Waals surface area (Å²) in [5, 5.41) is 11.5. The minimum absolute atomic E-state index is 0.138. The Balaban J connectivity index is 0.000000320. The molecular formula is C54H78N2O4. The van der Waals surface area contributed by atoms with E-state index in [1.54, 1.807) is 0 Å². The van der Waals surface area contributed by atoms with Crippen molar-refractivity contribution in [2.45, 2.75) is 155 Å². The summed E-state index contributed by atoms with van der Waals surface area (Å²) >= 11 is 0. The predicted octanol–water partition coefficient (Wildman–Crippen LogP) is 15.0. The minimum Gasteiger partial charge on any atom is -0.464 e. The molecule has 4 aromatic rings. The standard InChI is InChI=1S/2C27H39NO2/c2*1-4-5-6-7-8-9-10-11-14-20-30-27(29)26(21-22(2)3)28-25-19-15-17-23-16-12-13-18-24(23)25/h2*4,12-13,15-19,22,26,28H,1,5-11,14,20-21H2,2-3H3/t2*26-/m10/s1. The van der Waals surface area contributed by atoms with E-state index in [1.165, 1.54) is 75.0 Å². The van der Waals surface area contributed by atoms with Gasteiger partial charge in [0.05, 0.1) is 13.2 Å². The molecule has 328 valence electrons. The maximum absolute atomic E-state index is 12.8. The fraction of sp³-hybridized carbons (Fsp3) is 0.519. The minimum atomic E-state index is -0.319. The molecule has 0 bridgehead atoms. The summed E-state index contributed by atoms with van der Waals surface area (Å²) in [6, 6.07) is 28.2. The van der Waals surface area contributed by atoms with Gasteiger partial charge in [-0.05, 0) is 86.1 Å². The molecule has 60 heavy (non-hydrogen) atoms. The topological polar surface area (TPSA) is 76.7 Å². The van der Waals surface area contributed by atoms with Crippen LogP contribution in [0.2, 0.25) is 0 Å². The van der Waals surface area contributed by atoms with Gasteiger partial charge in [0.1, 0.15) is 12.1 Å². The smallest absolute Gasteiger partial charge is 0.328 e. The van der Waals surface area contributed by atoms with Crippen LogP contribution in [0.25, 0.3) is 21.5 Å². The van der Waals surface area contributed by atoms with Gasteiger partial charge in [0.2, 0.25) is 0 Å². The maximum atomic E-state index is 12.8. The number of benzene rings is 4. The van der Waals surface area contributed by atoms with Gasteiger partial charge in [-0.3, -0.25) is 0 Å². The van der Waals surface area contributed by atoms with Gasteiger partial charge in [-0.25, -0.2) is 9.59 Å². The molecule has 0 unspecified atom stereocenters. The van der Waals surface area contributed by atoms with Gasteiger partial charge in [0, 0.05) is 22.1 Å². The summed E-state index contributed by atoms with van der Waals surface area (Å²) < 4.78 is 11.3. The second kappa shape index (κ2) is 30.4. The molecule has 0 spiro atoms. The number of carbonyl (C=O) groups excluding carboxylic acids is 2. The third-order valence-corrected chi connectivity index (χ3v) is 10.8. The van der Waals surface area contributed by atoms with Crippen molar-refractivity contribution in [3.05, 3.63) is 110 Å². The van der Waals surface area contributed by atoms with Crippen molar-refractivity contribution in [3.8, 4) is 0 Å². The zero-order valence-electron chi connectivity index (χ0n) is 37.7. The molecule has 6 nitrogen and oxygen atoms in total. The number of fused-ring (bicyclic) bond motifs is 2. The first-order valence-electron chi connectivity index (χ1n) is 23.3. The van der Waals surface area contributed by atoms with Gasteiger partial charge in [-0.15, -0.1) is 13.2 Å². The molecule has 0 amide bonds. The second-order valence-corrected chi connectivity index (χ2v) is 17.1. The third-order valence-electron chi connectivity index (χ3n) is 10.8. The van der Waals surface area contributed by atoms with E-state index in [4.69, 9.17) is 9.47 Å². The highest BCUT2D eigenvalue weighted by Crippen LogP contribution is 2.27. The summed E-state index contributed by atoms with van der Waals surface area (Å²) in [6.07, 6.45) is 24.5. The van der Waals surface area contributed by atoms with Crippen LogP contribution in [0.4, 0.5) is 11.4 Å². The molecule has 0 heterocycles. The molecule has 0 fully saturated rings. The van der Waals surface area contributed by atoms with Crippen molar-refractivity contribution in [1.29, 1.82) is 0 Å². The number of unbranched alkanes of at least 4 members (excludes halogenated alkanes) is 14. The maximum Gasteiger partial charge on any atom is 0.328 e. The van der Waals surface area contributed by atoms with Crippen molar-refractivity contribution < 1.29 is 19.1 Å². The average molecular weight is 819 g/mol. The third kappa shape index (κ3) is 20.1. The van der Waals surface area contributed by atoms with Gasteiger partial charge < -0.3 is 20.1 Å². The average Bonchev–Trinajstić information content (AvgIpc) is 3.24. The van der Waals surface area contributed by atoms with E-state index < -0.39 is 0 Å². The van der Waals surface area contributed by atoms with Crippen LogP contribution in [0.1, 0.15) is 143 Å². The number of carbonyl (C=O) groups is 2. The Morgan fingerprint density at radius 3 is 1.18 bits per heavy atom. The number of hydrogen-bond acceptors (Lipinski definition) is 6. The number of ether oxygens (including phenoxy) is 2. The fourth-order valence-electron chi connectivity index (χ4n) is 7.54. The summed E-state index contributed by atoms with van der Waals surface area (Å²) in [5.74, 6) is 0.541. The first-order valence-corrected chi connectivity index (χ1v) is 23.3. The molecule has 0 aliphatic heterocycles. The highest BCUT2D eigenvalue weighted by atomic mass is 16.5. The van der Waals surface area contributed by atoms with E-state index in [0.29, 0.717) is 25.0 Å². The van der Waals surface area contributed by atoms with Crippen LogP contribution >= 0.6 is 0 Å². The van der Waals surface area contributed by atoms with Crippen molar-refractivity contribution in [3.63, 3.8) is 0 Å². The summed E-state index contributed by atoms with van der Waals surface area (Å²) in [7, 11) is 0. The van der Waals surface area contributed by atoms with Crippen LogP contribution in [0.3, 0.4) is 0 Å². The van der Waals surface area contributed by atoms with Crippen molar-refractivity contribution in [2.75, 3.05) is 23.8 Å². The molecule has 4 aromatic carbocycles. The predicted molar refractivity (Wildman–Crippen MR) is 258 cm³/mol. The van der Waals surface area contributed by atoms with Gasteiger partial charge in [0.15, 0.2) is 0 Å². The van der Waals surface area contributed by atoms with E-state index in [-0.39, 0.29) is 24.0 Å². The Hall–Kier alpha value is -4.58. The fourth-order valence-corrected chi connectivity index (χ4v) is 7.54. The quantitative estimate of drug-likeness (QED) is 0.0310. The lowest BCUT2D eigenvalue weighted by Gasteiger charge is -2.21. The first-order chi connectivity index (χ1) is 29.2. The molecule has 4 rings (SSSR count). The SMILES string of the molecule is C=CCCCCCCCCCOC(=O)[C@@H](CC(C)C)Nc1cccc2ccccc12.C=CCCCCCCCCCOC(=O)[C@H](CC(C)C)Nc1cccc2ccccc12. The lowest BCUT2D eigenvalue weighted by molar-refractivity contribution is -0.146. The van der Waals surface area contributed by atoms with Crippen LogP contribution in [-0.2, 0) is 19.1 Å². The number of rotatable bonds is 30. The number of hydrogen-bond donors (Lipinski definition) is 2. The molecule has 0 aliphatic carbocycles. The van der Waals surface area contributed by atoms with Crippen LogP contribution in [0.15, 0.2) is 110 Å². The summed E-state index contributed by atoms with van der Waals surface area (Å²) in [5.41, 5.74) is 1.99. The van der Waals surface area contributed by atoms with Crippen LogP contribution in [-0.4, -0.2) is 37.2 Å². The number of anilines is 2. The molecule has 2 N–H and O–H groups in total. The number of nitrogens with one attached hydrogen (secondary N) is 2. The molecule has 2 atom stereocenters. The first kappa shape index (κ1) is 49.8.